The number of amides is 1. The maximum absolute atomic E-state index is 11.4. The average Bonchev–Trinajstić information content (AvgIpc) is 3.32. The summed E-state index contributed by atoms with van der Waals surface area (Å²) < 4.78 is 1.76. The van der Waals surface area contributed by atoms with Crippen LogP contribution in [0.25, 0.3) is 16.9 Å². The van der Waals surface area contributed by atoms with Gasteiger partial charge in [-0.15, -0.1) is 0 Å². The van der Waals surface area contributed by atoms with Crippen molar-refractivity contribution in [1.29, 1.82) is 0 Å². The van der Waals surface area contributed by atoms with E-state index in [0.29, 0.717) is 17.3 Å². The van der Waals surface area contributed by atoms with E-state index in [1.807, 2.05) is 37.4 Å². The van der Waals surface area contributed by atoms with Gasteiger partial charge in [-0.3, -0.25) is 4.79 Å². The van der Waals surface area contributed by atoms with Gasteiger partial charge in [-0.05, 0) is 18.6 Å². The largest absolute Gasteiger partial charge is 0.311 e. The average molecular weight is 393 g/mol. The summed E-state index contributed by atoms with van der Waals surface area (Å²) >= 11 is 6.43. The molecule has 28 heavy (non-hydrogen) atoms. The predicted molar refractivity (Wildman–Crippen MR) is 110 cm³/mol. The first-order chi connectivity index (χ1) is 13.5. The topological polar surface area (TPSA) is 84.5 Å². The first-order valence-corrected chi connectivity index (χ1v) is 9.08. The van der Waals surface area contributed by atoms with Crippen molar-refractivity contribution in [3.8, 4) is 16.9 Å². The molecule has 3 aromatic rings. The van der Waals surface area contributed by atoms with E-state index in [2.05, 4.69) is 20.5 Å². The number of carbonyl (C=O) groups is 1. The Labute approximate surface area is 166 Å². The molecule has 1 aliphatic heterocycles. The third-order valence-corrected chi connectivity index (χ3v) is 4.65. The number of anilines is 1. The molecule has 1 N–H and O–H groups in total. The summed E-state index contributed by atoms with van der Waals surface area (Å²) in [5, 5.41) is 16.3. The van der Waals surface area contributed by atoms with Crippen LogP contribution in [0.3, 0.4) is 0 Å². The van der Waals surface area contributed by atoms with Gasteiger partial charge in [0.1, 0.15) is 11.5 Å². The lowest BCUT2D eigenvalue weighted by atomic mass is 10.0. The maximum Gasteiger partial charge on any atom is 0.222 e. The van der Waals surface area contributed by atoms with Crippen molar-refractivity contribution in [1.82, 2.24) is 14.8 Å². The number of hydrogen-bond acceptors (Lipinski definition) is 5. The lowest BCUT2D eigenvalue weighted by Crippen LogP contribution is -2.09. The highest BCUT2D eigenvalue weighted by molar-refractivity contribution is 6.33. The Morgan fingerprint density at radius 1 is 1.25 bits per heavy atom. The molecule has 1 amide bonds. The number of aryl methyl sites for hydroxylation is 1. The molecule has 1 aliphatic rings. The van der Waals surface area contributed by atoms with Gasteiger partial charge in [-0.25, -0.2) is 9.67 Å². The molecule has 0 unspecified atom stereocenters. The molecule has 0 spiro atoms. The van der Waals surface area contributed by atoms with E-state index in [1.165, 1.54) is 6.92 Å². The monoisotopic (exact) mass is 392 g/mol. The number of benzene rings is 1. The molecule has 3 heterocycles. The van der Waals surface area contributed by atoms with Gasteiger partial charge in [0.15, 0.2) is 0 Å². The molecule has 8 heteroatoms. The minimum absolute atomic E-state index is 0.183. The van der Waals surface area contributed by atoms with Crippen molar-refractivity contribution in [3.63, 3.8) is 0 Å². The third-order valence-electron chi connectivity index (χ3n) is 4.32. The number of carbonyl (C=O) groups excluding carboxylic acids is 1. The molecule has 0 atom stereocenters. The second-order valence-corrected chi connectivity index (χ2v) is 6.81. The van der Waals surface area contributed by atoms with Gasteiger partial charge in [0.2, 0.25) is 5.91 Å². The summed E-state index contributed by atoms with van der Waals surface area (Å²) in [4.78, 5) is 15.6. The second-order valence-electron chi connectivity index (χ2n) is 6.40. The summed E-state index contributed by atoms with van der Waals surface area (Å²) in [6.07, 6.45) is 6.00. The van der Waals surface area contributed by atoms with Crippen LogP contribution >= 0.6 is 11.6 Å². The van der Waals surface area contributed by atoms with Crippen LogP contribution in [-0.2, 0) is 4.79 Å². The molecular weight excluding hydrogens is 376 g/mol. The van der Waals surface area contributed by atoms with E-state index < -0.39 is 0 Å². The molecule has 0 saturated carbocycles. The number of aromatic nitrogens is 3. The van der Waals surface area contributed by atoms with E-state index in [-0.39, 0.29) is 5.91 Å². The van der Waals surface area contributed by atoms with Gasteiger partial charge in [0, 0.05) is 49.1 Å². The van der Waals surface area contributed by atoms with Crippen LogP contribution in [0.1, 0.15) is 24.5 Å². The van der Waals surface area contributed by atoms with E-state index in [4.69, 9.17) is 16.7 Å². The Kier molecular flexibility index (Phi) is 4.75. The Hall–Kier alpha value is -3.32. The SMILES string of the molecule is CC(=O)Nc1cc(-n2cc(C3=NN=CC3)c(-c3ccccc3Cl)n2)c(C)cn1. The molecule has 140 valence electrons. The van der Waals surface area contributed by atoms with Gasteiger partial charge < -0.3 is 5.32 Å². The van der Waals surface area contributed by atoms with Gasteiger partial charge in [-0.2, -0.15) is 15.3 Å². The first kappa shape index (κ1) is 18.1. The Morgan fingerprint density at radius 2 is 2.07 bits per heavy atom. The smallest absolute Gasteiger partial charge is 0.222 e. The summed E-state index contributed by atoms with van der Waals surface area (Å²) in [5.74, 6) is 0.281. The van der Waals surface area contributed by atoms with Crippen molar-refractivity contribution in [2.24, 2.45) is 10.2 Å². The van der Waals surface area contributed by atoms with E-state index >= 15 is 0 Å². The Bertz CT molecular complexity index is 1130. The fourth-order valence-corrected chi connectivity index (χ4v) is 3.24. The predicted octanol–water partition coefficient (Wildman–Crippen LogP) is 4.03. The molecule has 0 fully saturated rings. The van der Waals surface area contributed by atoms with Crippen molar-refractivity contribution >= 4 is 35.3 Å². The molecule has 1 aromatic carbocycles. The summed E-state index contributed by atoms with van der Waals surface area (Å²) in [6, 6.07) is 9.35. The quantitative estimate of drug-likeness (QED) is 0.727. The lowest BCUT2D eigenvalue weighted by Gasteiger charge is -2.08. The van der Waals surface area contributed by atoms with E-state index in [9.17, 15) is 4.79 Å². The first-order valence-electron chi connectivity index (χ1n) is 8.71. The number of hydrogen-bond donors (Lipinski definition) is 1. The van der Waals surface area contributed by atoms with Crippen molar-refractivity contribution in [2.75, 3.05) is 5.32 Å². The standard InChI is InChI=1S/C20H17ClN6O/c1-12-10-22-19(24-13(2)28)9-18(12)27-11-15(17-7-8-23-25-17)20(26-27)14-5-3-4-6-16(14)21/h3-6,8-11H,7H2,1-2H3,(H,22,24,28). The summed E-state index contributed by atoms with van der Waals surface area (Å²) in [7, 11) is 0. The van der Waals surface area contributed by atoms with Crippen LogP contribution in [0.5, 0.6) is 0 Å². The summed E-state index contributed by atoms with van der Waals surface area (Å²) in [6.45, 7) is 3.38. The van der Waals surface area contributed by atoms with Gasteiger partial charge in [0.05, 0.1) is 16.4 Å². The van der Waals surface area contributed by atoms with Gasteiger partial charge >= 0.3 is 0 Å². The highest BCUT2D eigenvalue weighted by atomic mass is 35.5. The molecule has 4 rings (SSSR count). The van der Waals surface area contributed by atoms with Crippen LogP contribution in [0, 0.1) is 6.92 Å². The molecule has 7 nitrogen and oxygen atoms in total. The Balaban J connectivity index is 1.87. The fraction of sp³-hybridized carbons (Fsp3) is 0.150. The minimum atomic E-state index is -0.183. The van der Waals surface area contributed by atoms with Crippen LogP contribution in [0.2, 0.25) is 5.02 Å². The zero-order chi connectivity index (χ0) is 19.7. The van der Waals surface area contributed by atoms with E-state index in [1.54, 1.807) is 23.2 Å². The van der Waals surface area contributed by atoms with Crippen molar-refractivity contribution in [3.05, 3.63) is 58.9 Å². The molecule has 0 radical (unpaired) electrons. The number of nitrogens with zero attached hydrogens (tertiary/aromatic N) is 5. The highest BCUT2D eigenvalue weighted by Gasteiger charge is 2.20. The maximum atomic E-state index is 11.4. The number of pyridine rings is 1. The van der Waals surface area contributed by atoms with Crippen LogP contribution in [0.4, 0.5) is 5.82 Å². The third kappa shape index (κ3) is 3.44. The minimum Gasteiger partial charge on any atom is -0.311 e. The molecule has 0 bridgehead atoms. The molecule has 0 aliphatic carbocycles. The zero-order valence-corrected chi connectivity index (χ0v) is 16.1. The van der Waals surface area contributed by atoms with Crippen molar-refractivity contribution < 1.29 is 4.79 Å². The lowest BCUT2D eigenvalue weighted by molar-refractivity contribution is -0.114. The van der Waals surface area contributed by atoms with Crippen LogP contribution in [-0.4, -0.2) is 32.6 Å². The van der Waals surface area contributed by atoms with Crippen LogP contribution in [0.15, 0.2) is 52.9 Å². The highest BCUT2D eigenvalue weighted by Crippen LogP contribution is 2.31. The Morgan fingerprint density at radius 3 is 2.79 bits per heavy atom. The number of halogens is 1. The van der Waals surface area contributed by atoms with Gasteiger partial charge in [-0.1, -0.05) is 29.8 Å². The zero-order valence-electron chi connectivity index (χ0n) is 15.3. The molecule has 0 saturated heterocycles. The van der Waals surface area contributed by atoms with E-state index in [0.717, 1.165) is 33.8 Å². The second kappa shape index (κ2) is 7.36. The van der Waals surface area contributed by atoms with Crippen LogP contribution < -0.4 is 5.32 Å². The number of rotatable bonds is 4. The summed E-state index contributed by atoms with van der Waals surface area (Å²) in [5.41, 5.74) is 4.96. The normalized spacial score (nSPS) is 12.9. The molecular formula is C20H17ClN6O. The van der Waals surface area contributed by atoms with Gasteiger partial charge in [0.25, 0.3) is 0 Å². The number of nitrogens with one attached hydrogen (secondary N) is 1. The fourth-order valence-electron chi connectivity index (χ4n) is 3.01. The van der Waals surface area contributed by atoms with Crippen molar-refractivity contribution in [2.45, 2.75) is 20.3 Å². The molecule has 2 aromatic heterocycles.